The third kappa shape index (κ3) is 6.05. The molecule has 0 aliphatic heterocycles. The zero-order chi connectivity index (χ0) is 18.0. The molecule has 0 fully saturated rings. The van der Waals surface area contributed by atoms with Crippen LogP contribution < -0.4 is 5.32 Å². The van der Waals surface area contributed by atoms with Crippen LogP contribution in [0.1, 0.15) is 17.7 Å². The Labute approximate surface area is 161 Å². The van der Waals surface area contributed by atoms with Gasteiger partial charge in [0, 0.05) is 18.5 Å². The van der Waals surface area contributed by atoms with Gasteiger partial charge >= 0.3 is 0 Å². The highest BCUT2D eigenvalue weighted by atomic mass is 32.1. The molecular weight excluding hydrogens is 364 g/mol. The van der Waals surface area contributed by atoms with Crippen molar-refractivity contribution < 1.29 is 9.53 Å². The Kier molecular flexibility index (Phi) is 7.37. The molecule has 1 aromatic carbocycles. The minimum Gasteiger partial charge on any atom is -0.381 e. The minimum absolute atomic E-state index is 0.0114. The number of amides is 1. The van der Waals surface area contributed by atoms with E-state index in [1.54, 1.807) is 22.7 Å². The lowest BCUT2D eigenvalue weighted by Gasteiger charge is -2.06. The number of thiophene rings is 1. The molecular formula is C20H22N2O2S2. The van der Waals surface area contributed by atoms with Crippen molar-refractivity contribution in [2.24, 2.45) is 0 Å². The van der Waals surface area contributed by atoms with Crippen LogP contribution in [0.25, 0.3) is 9.88 Å². The van der Waals surface area contributed by atoms with E-state index in [1.807, 2.05) is 41.1 Å². The number of rotatable bonds is 10. The van der Waals surface area contributed by atoms with E-state index < -0.39 is 0 Å². The first-order valence-corrected chi connectivity index (χ1v) is 10.4. The second-order valence-corrected chi connectivity index (χ2v) is 7.66. The van der Waals surface area contributed by atoms with Crippen LogP contribution in [0.4, 0.5) is 0 Å². The van der Waals surface area contributed by atoms with Gasteiger partial charge < -0.3 is 10.1 Å². The van der Waals surface area contributed by atoms with Crippen molar-refractivity contribution in [1.29, 1.82) is 0 Å². The summed E-state index contributed by atoms with van der Waals surface area (Å²) in [5.74, 6) is 0.0114. The van der Waals surface area contributed by atoms with Crippen molar-refractivity contribution >= 4 is 28.6 Å². The van der Waals surface area contributed by atoms with Gasteiger partial charge in [-0.05, 0) is 29.9 Å². The molecule has 3 rings (SSSR count). The van der Waals surface area contributed by atoms with Crippen LogP contribution in [0.15, 0.2) is 53.2 Å². The summed E-state index contributed by atoms with van der Waals surface area (Å²) in [6.45, 7) is 2.00. The lowest BCUT2D eigenvalue weighted by molar-refractivity contribution is -0.120. The number of nitrogens with one attached hydrogen (secondary N) is 1. The Morgan fingerprint density at radius 3 is 2.77 bits per heavy atom. The molecule has 2 aromatic heterocycles. The van der Waals surface area contributed by atoms with Crippen molar-refractivity contribution in [2.75, 3.05) is 19.8 Å². The predicted molar refractivity (Wildman–Crippen MR) is 108 cm³/mol. The molecule has 3 aromatic rings. The lowest BCUT2D eigenvalue weighted by Crippen LogP contribution is -2.27. The highest BCUT2D eigenvalue weighted by Crippen LogP contribution is 2.27. The van der Waals surface area contributed by atoms with E-state index in [1.165, 1.54) is 5.56 Å². The van der Waals surface area contributed by atoms with Crippen molar-refractivity contribution in [3.8, 4) is 9.88 Å². The van der Waals surface area contributed by atoms with E-state index in [2.05, 4.69) is 22.4 Å². The first kappa shape index (κ1) is 18.8. The van der Waals surface area contributed by atoms with Crippen molar-refractivity contribution in [2.45, 2.75) is 19.3 Å². The van der Waals surface area contributed by atoms with Gasteiger partial charge in [0.25, 0.3) is 0 Å². The van der Waals surface area contributed by atoms with Crippen molar-refractivity contribution in [1.82, 2.24) is 10.3 Å². The first-order valence-electron chi connectivity index (χ1n) is 8.68. The summed E-state index contributed by atoms with van der Waals surface area (Å²) < 4.78 is 5.62. The molecule has 0 aliphatic carbocycles. The quantitative estimate of drug-likeness (QED) is 0.532. The Balaban J connectivity index is 1.26. The molecule has 0 radical (unpaired) electrons. The SMILES string of the molecule is O=C(Cc1csc(-c2cccs2)n1)NCCCOCCc1ccccc1. The second-order valence-electron chi connectivity index (χ2n) is 5.85. The monoisotopic (exact) mass is 386 g/mol. The van der Waals surface area contributed by atoms with Crippen molar-refractivity contribution in [3.05, 3.63) is 64.5 Å². The van der Waals surface area contributed by atoms with Crippen LogP contribution in [-0.4, -0.2) is 30.6 Å². The standard InChI is InChI=1S/C20H22N2O2S2/c23-19(14-17-15-26-20(22-17)18-8-4-13-25-18)21-10-5-11-24-12-9-16-6-2-1-3-7-16/h1-4,6-8,13,15H,5,9-12,14H2,(H,21,23). The highest BCUT2D eigenvalue weighted by Gasteiger charge is 2.09. The van der Waals surface area contributed by atoms with Gasteiger partial charge in [0.15, 0.2) is 0 Å². The van der Waals surface area contributed by atoms with Gasteiger partial charge in [-0.25, -0.2) is 4.98 Å². The van der Waals surface area contributed by atoms with Crippen LogP contribution in [-0.2, 0) is 22.4 Å². The van der Waals surface area contributed by atoms with E-state index in [-0.39, 0.29) is 5.91 Å². The van der Waals surface area contributed by atoms with Gasteiger partial charge in [-0.1, -0.05) is 36.4 Å². The highest BCUT2D eigenvalue weighted by molar-refractivity contribution is 7.20. The fourth-order valence-corrected chi connectivity index (χ4v) is 4.10. The first-order chi connectivity index (χ1) is 12.8. The topological polar surface area (TPSA) is 51.2 Å². The van der Waals surface area contributed by atoms with Crippen molar-refractivity contribution in [3.63, 3.8) is 0 Å². The smallest absolute Gasteiger partial charge is 0.226 e. The van der Waals surface area contributed by atoms with E-state index >= 15 is 0 Å². The fourth-order valence-electron chi connectivity index (χ4n) is 2.47. The normalized spacial score (nSPS) is 10.8. The summed E-state index contributed by atoms with van der Waals surface area (Å²) >= 11 is 3.25. The Hall–Kier alpha value is -2.02. The van der Waals surface area contributed by atoms with Gasteiger partial charge in [-0.15, -0.1) is 22.7 Å². The van der Waals surface area contributed by atoms with E-state index in [4.69, 9.17) is 4.74 Å². The third-order valence-corrected chi connectivity index (χ3v) is 5.72. The molecule has 26 heavy (non-hydrogen) atoms. The number of nitrogens with zero attached hydrogens (tertiary/aromatic N) is 1. The summed E-state index contributed by atoms with van der Waals surface area (Å²) in [4.78, 5) is 17.7. The summed E-state index contributed by atoms with van der Waals surface area (Å²) in [6.07, 6.45) is 2.07. The van der Waals surface area contributed by atoms with Gasteiger partial charge in [0.2, 0.25) is 5.91 Å². The molecule has 4 nitrogen and oxygen atoms in total. The zero-order valence-corrected chi connectivity index (χ0v) is 16.2. The van der Waals surface area contributed by atoms with Gasteiger partial charge in [-0.3, -0.25) is 4.79 Å². The number of hydrogen-bond acceptors (Lipinski definition) is 5. The number of aromatic nitrogens is 1. The summed E-state index contributed by atoms with van der Waals surface area (Å²) in [7, 11) is 0. The molecule has 0 atom stereocenters. The zero-order valence-electron chi connectivity index (χ0n) is 14.5. The molecule has 0 saturated heterocycles. The van der Waals surface area contributed by atoms with Crippen LogP contribution in [0.2, 0.25) is 0 Å². The lowest BCUT2D eigenvalue weighted by atomic mass is 10.2. The molecule has 136 valence electrons. The number of benzene rings is 1. The molecule has 2 heterocycles. The van der Waals surface area contributed by atoms with Crippen LogP contribution in [0.5, 0.6) is 0 Å². The molecule has 0 aliphatic rings. The third-order valence-electron chi connectivity index (χ3n) is 3.79. The summed E-state index contributed by atoms with van der Waals surface area (Å²) in [6, 6.07) is 14.4. The number of hydrogen-bond donors (Lipinski definition) is 1. The van der Waals surface area contributed by atoms with Crippen LogP contribution in [0.3, 0.4) is 0 Å². The molecule has 0 unspecified atom stereocenters. The maximum Gasteiger partial charge on any atom is 0.226 e. The predicted octanol–water partition coefficient (Wildman–Crippen LogP) is 4.18. The average molecular weight is 387 g/mol. The molecule has 0 bridgehead atoms. The van der Waals surface area contributed by atoms with Gasteiger partial charge in [0.1, 0.15) is 5.01 Å². The molecule has 1 N–H and O–H groups in total. The number of ether oxygens (including phenoxy) is 1. The molecule has 1 amide bonds. The Morgan fingerprint density at radius 2 is 1.96 bits per heavy atom. The number of carbonyl (C=O) groups is 1. The average Bonchev–Trinajstić information content (AvgIpc) is 3.33. The molecule has 0 spiro atoms. The maximum absolute atomic E-state index is 12.0. The summed E-state index contributed by atoms with van der Waals surface area (Å²) in [5, 5.41) is 7.91. The van der Waals surface area contributed by atoms with Crippen LogP contribution >= 0.6 is 22.7 Å². The molecule has 6 heteroatoms. The maximum atomic E-state index is 12.0. The number of thiazole rings is 1. The molecule has 0 saturated carbocycles. The largest absolute Gasteiger partial charge is 0.381 e. The van der Waals surface area contributed by atoms with Crippen LogP contribution in [0, 0.1) is 0 Å². The summed E-state index contributed by atoms with van der Waals surface area (Å²) in [5.41, 5.74) is 2.11. The minimum atomic E-state index is 0.0114. The Morgan fingerprint density at radius 1 is 1.08 bits per heavy atom. The second kappa shape index (κ2) is 10.2. The van der Waals surface area contributed by atoms with E-state index in [0.29, 0.717) is 26.2 Å². The van der Waals surface area contributed by atoms with E-state index in [9.17, 15) is 4.79 Å². The van der Waals surface area contributed by atoms with Gasteiger partial charge in [0.05, 0.1) is 23.6 Å². The van der Waals surface area contributed by atoms with E-state index in [0.717, 1.165) is 28.4 Å². The van der Waals surface area contributed by atoms with Gasteiger partial charge in [-0.2, -0.15) is 0 Å². The number of carbonyl (C=O) groups excluding carboxylic acids is 1. The Bertz CT molecular complexity index is 785. The fraction of sp³-hybridized carbons (Fsp3) is 0.300.